The molecule has 22 heavy (non-hydrogen) atoms. The van der Waals surface area contributed by atoms with Gasteiger partial charge in [-0.3, -0.25) is 4.79 Å². The van der Waals surface area contributed by atoms with Crippen molar-refractivity contribution in [2.24, 2.45) is 5.41 Å². The van der Waals surface area contributed by atoms with Crippen LogP contribution in [0.25, 0.3) is 0 Å². The van der Waals surface area contributed by atoms with Crippen LogP contribution in [0.1, 0.15) is 31.2 Å². The minimum absolute atomic E-state index is 0.180. The van der Waals surface area contributed by atoms with Crippen molar-refractivity contribution < 1.29 is 9.18 Å². The molecule has 0 unspecified atom stereocenters. The number of nitrogens with zero attached hydrogens (tertiary/aromatic N) is 2. The van der Waals surface area contributed by atoms with Gasteiger partial charge in [0.15, 0.2) is 0 Å². The number of amides is 1. The molecule has 120 valence electrons. The summed E-state index contributed by atoms with van der Waals surface area (Å²) < 4.78 is 13.6. The molecule has 1 spiro atoms. The van der Waals surface area contributed by atoms with Crippen LogP contribution in [0.2, 0.25) is 0 Å². The molecule has 2 saturated heterocycles. The van der Waals surface area contributed by atoms with Crippen molar-refractivity contribution >= 4 is 5.91 Å². The lowest BCUT2D eigenvalue weighted by Crippen LogP contribution is -2.40. The van der Waals surface area contributed by atoms with Crippen LogP contribution in [0, 0.1) is 11.2 Å². The van der Waals surface area contributed by atoms with E-state index in [2.05, 4.69) is 11.9 Å². The standard InChI is InChI=1S/C18H25FN2O/c1-20-11-8-18(9-12-20)10-13-21(14-18)17(22)7-6-15-4-2-3-5-16(15)19/h2-5H,6-14H2,1H3. The van der Waals surface area contributed by atoms with E-state index in [1.165, 1.54) is 18.9 Å². The van der Waals surface area contributed by atoms with Crippen LogP contribution in [0.4, 0.5) is 4.39 Å². The lowest BCUT2D eigenvalue weighted by Gasteiger charge is -2.37. The third-order valence-corrected chi connectivity index (χ3v) is 5.40. The first-order chi connectivity index (χ1) is 10.6. The van der Waals surface area contributed by atoms with E-state index in [9.17, 15) is 9.18 Å². The highest BCUT2D eigenvalue weighted by molar-refractivity contribution is 5.76. The number of carbonyl (C=O) groups is 1. The second-order valence-corrected chi connectivity index (χ2v) is 6.96. The largest absolute Gasteiger partial charge is 0.342 e. The summed E-state index contributed by atoms with van der Waals surface area (Å²) in [4.78, 5) is 16.8. The molecular weight excluding hydrogens is 279 g/mol. The predicted octanol–water partition coefficient (Wildman–Crippen LogP) is 2.70. The van der Waals surface area contributed by atoms with Gasteiger partial charge in [0.05, 0.1) is 0 Å². The highest BCUT2D eigenvalue weighted by atomic mass is 19.1. The Kier molecular flexibility index (Phi) is 4.48. The van der Waals surface area contributed by atoms with Crippen LogP contribution >= 0.6 is 0 Å². The van der Waals surface area contributed by atoms with Crippen LogP contribution in [0.15, 0.2) is 24.3 Å². The van der Waals surface area contributed by atoms with Gasteiger partial charge in [-0.1, -0.05) is 18.2 Å². The summed E-state index contributed by atoms with van der Waals surface area (Å²) in [6.07, 6.45) is 4.43. The van der Waals surface area contributed by atoms with Gasteiger partial charge in [-0.15, -0.1) is 0 Å². The molecule has 0 aromatic heterocycles. The van der Waals surface area contributed by atoms with Gasteiger partial charge in [0.2, 0.25) is 5.91 Å². The maximum Gasteiger partial charge on any atom is 0.222 e. The van der Waals surface area contributed by atoms with E-state index in [1.54, 1.807) is 12.1 Å². The Morgan fingerprint density at radius 2 is 1.86 bits per heavy atom. The molecule has 3 nitrogen and oxygen atoms in total. The van der Waals surface area contributed by atoms with Gasteiger partial charge in [0, 0.05) is 19.5 Å². The van der Waals surface area contributed by atoms with Crippen molar-refractivity contribution in [3.63, 3.8) is 0 Å². The molecule has 1 aromatic carbocycles. The lowest BCUT2D eigenvalue weighted by molar-refractivity contribution is -0.130. The first-order valence-corrected chi connectivity index (χ1v) is 8.28. The Morgan fingerprint density at radius 1 is 1.18 bits per heavy atom. The van der Waals surface area contributed by atoms with Gasteiger partial charge in [-0.05, 0) is 62.9 Å². The summed E-state index contributed by atoms with van der Waals surface area (Å²) in [5, 5.41) is 0. The van der Waals surface area contributed by atoms with Gasteiger partial charge in [-0.2, -0.15) is 0 Å². The minimum atomic E-state index is -0.205. The smallest absolute Gasteiger partial charge is 0.222 e. The number of hydrogen-bond donors (Lipinski definition) is 0. The third kappa shape index (κ3) is 3.32. The first-order valence-electron chi connectivity index (χ1n) is 8.28. The average Bonchev–Trinajstić information content (AvgIpc) is 2.94. The molecule has 0 N–H and O–H groups in total. The zero-order valence-electron chi connectivity index (χ0n) is 13.4. The Labute approximate surface area is 132 Å². The summed E-state index contributed by atoms with van der Waals surface area (Å²) >= 11 is 0. The molecule has 2 heterocycles. The molecule has 1 aromatic rings. The van der Waals surface area contributed by atoms with E-state index >= 15 is 0 Å². The fourth-order valence-corrected chi connectivity index (χ4v) is 3.75. The number of rotatable bonds is 3. The van der Waals surface area contributed by atoms with Crippen molar-refractivity contribution in [2.75, 3.05) is 33.2 Å². The number of benzene rings is 1. The fraction of sp³-hybridized carbons (Fsp3) is 0.611. The summed E-state index contributed by atoms with van der Waals surface area (Å²) in [6, 6.07) is 6.74. The van der Waals surface area contributed by atoms with E-state index in [4.69, 9.17) is 0 Å². The normalized spacial score (nSPS) is 21.5. The molecule has 0 bridgehead atoms. The first kappa shape index (κ1) is 15.5. The van der Waals surface area contributed by atoms with E-state index in [-0.39, 0.29) is 11.7 Å². The van der Waals surface area contributed by atoms with Gasteiger partial charge in [0.1, 0.15) is 5.82 Å². The highest BCUT2D eigenvalue weighted by Gasteiger charge is 2.41. The van der Waals surface area contributed by atoms with Crippen molar-refractivity contribution in [2.45, 2.75) is 32.1 Å². The number of carbonyl (C=O) groups excluding carboxylic acids is 1. The maximum atomic E-state index is 13.6. The van der Waals surface area contributed by atoms with Crippen LogP contribution < -0.4 is 0 Å². The van der Waals surface area contributed by atoms with Crippen molar-refractivity contribution in [1.82, 2.24) is 9.80 Å². The van der Waals surface area contributed by atoms with E-state index in [1.807, 2.05) is 11.0 Å². The molecule has 2 aliphatic heterocycles. The topological polar surface area (TPSA) is 23.6 Å². The number of piperidine rings is 1. The second kappa shape index (κ2) is 6.37. The van der Waals surface area contributed by atoms with Gasteiger partial charge >= 0.3 is 0 Å². The molecule has 2 aliphatic rings. The van der Waals surface area contributed by atoms with Crippen LogP contribution in [-0.4, -0.2) is 48.9 Å². The van der Waals surface area contributed by atoms with Crippen molar-refractivity contribution in [1.29, 1.82) is 0 Å². The molecule has 1 amide bonds. The van der Waals surface area contributed by atoms with Gasteiger partial charge in [-0.25, -0.2) is 4.39 Å². The van der Waals surface area contributed by atoms with Crippen molar-refractivity contribution in [3.05, 3.63) is 35.6 Å². The summed E-state index contributed by atoms with van der Waals surface area (Å²) in [7, 11) is 2.17. The van der Waals surface area contributed by atoms with E-state index in [0.29, 0.717) is 23.8 Å². The zero-order valence-corrected chi connectivity index (χ0v) is 13.4. The minimum Gasteiger partial charge on any atom is -0.342 e. The summed E-state index contributed by atoms with van der Waals surface area (Å²) in [5.74, 6) is -0.0254. The van der Waals surface area contributed by atoms with E-state index in [0.717, 1.165) is 32.6 Å². The third-order valence-electron chi connectivity index (χ3n) is 5.40. The second-order valence-electron chi connectivity index (χ2n) is 6.96. The molecule has 2 fully saturated rings. The highest BCUT2D eigenvalue weighted by Crippen LogP contribution is 2.40. The lowest BCUT2D eigenvalue weighted by atomic mass is 9.78. The SMILES string of the molecule is CN1CCC2(CC1)CCN(C(=O)CCc1ccccc1F)C2. The van der Waals surface area contributed by atoms with Crippen LogP contribution in [0.3, 0.4) is 0 Å². The zero-order chi connectivity index (χ0) is 15.6. The van der Waals surface area contributed by atoms with Crippen LogP contribution in [-0.2, 0) is 11.2 Å². The molecular formula is C18H25FN2O. The molecule has 0 saturated carbocycles. The number of aryl methyl sites for hydroxylation is 1. The fourth-order valence-electron chi connectivity index (χ4n) is 3.75. The van der Waals surface area contributed by atoms with Gasteiger partial charge in [0.25, 0.3) is 0 Å². The van der Waals surface area contributed by atoms with Crippen molar-refractivity contribution in [3.8, 4) is 0 Å². The molecule has 0 aliphatic carbocycles. The maximum absolute atomic E-state index is 13.6. The van der Waals surface area contributed by atoms with E-state index < -0.39 is 0 Å². The summed E-state index contributed by atoms with van der Waals surface area (Å²) in [6.45, 7) is 4.05. The molecule has 0 radical (unpaired) electrons. The summed E-state index contributed by atoms with van der Waals surface area (Å²) in [5.41, 5.74) is 0.990. The number of likely N-dealkylation sites (tertiary alicyclic amines) is 2. The quantitative estimate of drug-likeness (QED) is 0.857. The molecule has 4 heteroatoms. The number of hydrogen-bond acceptors (Lipinski definition) is 2. The molecule has 0 atom stereocenters. The Morgan fingerprint density at radius 3 is 2.59 bits per heavy atom. The number of halogens is 1. The van der Waals surface area contributed by atoms with Gasteiger partial charge < -0.3 is 9.80 Å². The average molecular weight is 304 g/mol. The molecule has 3 rings (SSSR count). The Hall–Kier alpha value is -1.42. The predicted molar refractivity (Wildman–Crippen MR) is 85.1 cm³/mol. The monoisotopic (exact) mass is 304 g/mol. The Balaban J connectivity index is 1.53. The van der Waals surface area contributed by atoms with Crippen LogP contribution in [0.5, 0.6) is 0 Å². The Bertz CT molecular complexity index is 538.